The quantitative estimate of drug-likeness (QED) is 0.810. The minimum absolute atomic E-state index is 0.107. The Morgan fingerprint density at radius 3 is 2.95 bits per heavy atom. The monoisotopic (exact) mass is 320 g/mol. The van der Waals surface area contributed by atoms with Crippen LogP contribution in [0.4, 0.5) is 0 Å². The lowest BCUT2D eigenvalue weighted by Gasteiger charge is -2.25. The van der Waals surface area contributed by atoms with Crippen molar-refractivity contribution >= 4 is 21.7 Å². The summed E-state index contributed by atoms with van der Waals surface area (Å²) in [5, 5.41) is 4.20. The third-order valence-electron chi connectivity index (χ3n) is 3.50. The summed E-state index contributed by atoms with van der Waals surface area (Å²) in [6.45, 7) is 1.98. The summed E-state index contributed by atoms with van der Waals surface area (Å²) in [4.78, 5) is 12.2. The zero-order valence-electron chi connectivity index (χ0n) is 10.7. The molecule has 1 aliphatic rings. The van der Waals surface area contributed by atoms with Crippen LogP contribution in [0.15, 0.2) is 28.9 Å². The molecule has 1 aromatic heterocycles. The Bertz CT molecular complexity index is 663. The Kier molecular flexibility index (Phi) is 2.93. The fourth-order valence-corrected chi connectivity index (χ4v) is 2.66. The van der Waals surface area contributed by atoms with Gasteiger partial charge in [0.1, 0.15) is 11.9 Å². The van der Waals surface area contributed by atoms with E-state index in [9.17, 15) is 4.79 Å². The van der Waals surface area contributed by atoms with Crippen LogP contribution in [0, 0.1) is 6.92 Å². The molecule has 0 aliphatic carbocycles. The maximum atomic E-state index is 12.2. The van der Waals surface area contributed by atoms with Gasteiger partial charge in [0.25, 0.3) is 0 Å². The molecule has 4 nitrogen and oxygen atoms in total. The van der Waals surface area contributed by atoms with E-state index in [1.54, 1.807) is 10.9 Å². The van der Waals surface area contributed by atoms with Crippen molar-refractivity contribution in [2.75, 3.05) is 0 Å². The molecule has 1 aliphatic heterocycles. The van der Waals surface area contributed by atoms with Crippen LogP contribution in [0.25, 0.3) is 0 Å². The average molecular weight is 321 g/mol. The molecular formula is C14H13BrN2O2. The first-order valence-electron chi connectivity index (χ1n) is 6.04. The molecule has 3 rings (SSSR count). The predicted molar refractivity (Wildman–Crippen MR) is 74.4 cm³/mol. The van der Waals surface area contributed by atoms with Gasteiger partial charge in [0, 0.05) is 22.8 Å². The predicted octanol–water partition coefficient (Wildman–Crippen LogP) is 3.20. The highest BCUT2D eigenvalue weighted by molar-refractivity contribution is 9.10. The van der Waals surface area contributed by atoms with Gasteiger partial charge < -0.3 is 4.74 Å². The number of ketones is 1. The van der Waals surface area contributed by atoms with E-state index in [-0.39, 0.29) is 11.9 Å². The normalized spacial score (nSPS) is 18.1. The molecule has 0 spiro atoms. The zero-order valence-corrected chi connectivity index (χ0v) is 12.3. The van der Waals surface area contributed by atoms with Gasteiger partial charge in [-0.05, 0) is 25.1 Å². The van der Waals surface area contributed by atoms with E-state index in [1.165, 1.54) is 0 Å². The summed E-state index contributed by atoms with van der Waals surface area (Å²) >= 11 is 3.37. The first kappa shape index (κ1) is 12.4. The summed E-state index contributed by atoms with van der Waals surface area (Å²) < 4.78 is 8.62. The Morgan fingerprint density at radius 2 is 2.26 bits per heavy atom. The second kappa shape index (κ2) is 4.49. The minimum atomic E-state index is -0.241. The number of benzene rings is 1. The van der Waals surface area contributed by atoms with Crippen LogP contribution in [0.2, 0.25) is 0 Å². The number of aromatic nitrogens is 2. The summed E-state index contributed by atoms with van der Waals surface area (Å²) in [5.41, 5.74) is 2.65. The molecule has 19 heavy (non-hydrogen) atoms. The molecule has 0 radical (unpaired) electrons. The van der Waals surface area contributed by atoms with Crippen LogP contribution < -0.4 is 4.74 Å². The van der Waals surface area contributed by atoms with E-state index < -0.39 is 0 Å². The fourth-order valence-electron chi connectivity index (χ4n) is 2.30. The number of carbonyl (C=O) groups is 1. The number of hydrogen-bond acceptors (Lipinski definition) is 3. The van der Waals surface area contributed by atoms with Crippen molar-refractivity contribution in [3.63, 3.8) is 0 Å². The molecule has 2 heterocycles. The first-order chi connectivity index (χ1) is 9.06. The Morgan fingerprint density at radius 1 is 1.47 bits per heavy atom. The molecule has 5 heteroatoms. The van der Waals surface area contributed by atoms with Gasteiger partial charge in [-0.15, -0.1) is 0 Å². The van der Waals surface area contributed by atoms with Gasteiger partial charge >= 0.3 is 0 Å². The number of rotatable bonds is 1. The molecule has 0 fully saturated rings. The maximum absolute atomic E-state index is 12.2. The lowest BCUT2D eigenvalue weighted by atomic mass is 9.97. The van der Waals surface area contributed by atoms with Crippen LogP contribution in [0.5, 0.6) is 5.75 Å². The average Bonchev–Trinajstić information content (AvgIpc) is 2.71. The molecule has 0 N–H and O–H groups in total. The topological polar surface area (TPSA) is 44.1 Å². The summed E-state index contributed by atoms with van der Waals surface area (Å²) in [5.74, 6) is 0.753. The van der Waals surface area contributed by atoms with E-state index in [0.717, 1.165) is 15.7 Å². The van der Waals surface area contributed by atoms with Gasteiger partial charge in [0.15, 0.2) is 5.78 Å². The summed E-state index contributed by atoms with van der Waals surface area (Å²) in [7, 11) is 1.88. The van der Waals surface area contributed by atoms with Gasteiger partial charge in [0.05, 0.1) is 18.2 Å². The van der Waals surface area contributed by atoms with Crippen molar-refractivity contribution in [1.29, 1.82) is 0 Å². The van der Waals surface area contributed by atoms with E-state index in [1.807, 2.05) is 32.2 Å². The van der Waals surface area contributed by atoms with Gasteiger partial charge in [-0.1, -0.05) is 15.9 Å². The third-order valence-corrected chi connectivity index (χ3v) is 4.00. The van der Waals surface area contributed by atoms with Crippen LogP contribution >= 0.6 is 15.9 Å². The number of Topliss-reactive ketones (excluding diaryl/α,β-unsaturated/α-hetero) is 1. The molecule has 1 atom stereocenters. The van der Waals surface area contributed by atoms with Gasteiger partial charge in [-0.2, -0.15) is 5.10 Å². The summed E-state index contributed by atoms with van der Waals surface area (Å²) in [6, 6.07) is 5.52. The molecule has 2 aromatic rings. The minimum Gasteiger partial charge on any atom is -0.484 e. The van der Waals surface area contributed by atoms with E-state index in [2.05, 4.69) is 21.0 Å². The molecule has 98 valence electrons. The second-order valence-corrected chi connectivity index (χ2v) is 5.60. The summed E-state index contributed by atoms with van der Waals surface area (Å²) in [6.07, 6.45) is 1.89. The van der Waals surface area contributed by atoms with Crippen molar-refractivity contribution in [1.82, 2.24) is 9.78 Å². The van der Waals surface area contributed by atoms with E-state index in [0.29, 0.717) is 17.7 Å². The fraction of sp³-hybridized carbons (Fsp3) is 0.286. The van der Waals surface area contributed by atoms with E-state index in [4.69, 9.17) is 4.74 Å². The van der Waals surface area contributed by atoms with Crippen molar-refractivity contribution in [2.45, 2.75) is 19.4 Å². The number of fused-ring (bicyclic) bond motifs is 1. The van der Waals surface area contributed by atoms with Crippen molar-refractivity contribution in [2.24, 2.45) is 7.05 Å². The highest BCUT2D eigenvalue weighted by Crippen LogP contribution is 2.36. The SMILES string of the molecule is Cc1c(C2CC(=O)c3cc(Br)ccc3O2)cnn1C. The first-order valence-corrected chi connectivity index (χ1v) is 6.83. The number of halogens is 1. The molecule has 0 amide bonds. The highest BCUT2D eigenvalue weighted by Gasteiger charge is 2.29. The van der Waals surface area contributed by atoms with Crippen molar-refractivity contribution in [3.8, 4) is 5.75 Å². The molecule has 0 saturated carbocycles. The lowest BCUT2D eigenvalue weighted by molar-refractivity contribution is 0.0849. The maximum Gasteiger partial charge on any atom is 0.170 e. The Hall–Kier alpha value is -1.62. The van der Waals surface area contributed by atoms with E-state index >= 15 is 0 Å². The van der Waals surface area contributed by atoms with Crippen LogP contribution in [0.1, 0.15) is 34.1 Å². The van der Waals surface area contributed by atoms with Crippen molar-refractivity contribution in [3.05, 3.63) is 45.7 Å². The second-order valence-electron chi connectivity index (χ2n) is 4.68. The Balaban J connectivity index is 1.99. The smallest absolute Gasteiger partial charge is 0.170 e. The Labute approximate surface area is 119 Å². The number of aryl methyl sites for hydroxylation is 1. The van der Waals surface area contributed by atoms with Crippen LogP contribution in [0.3, 0.4) is 0 Å². The number of ether oxygens (including phenoxy) is 1. The largest absolute Gasteiger partial charge is 0.484 e. The molecule has 0 bridgehead atoms. The van der Waals surface area contributed by atoms with Gasteiger partial charge in [-0.3, -0.25) is 9.48 Å². The lowest BCUT2D eigenvalue weighted by Crippen LogP contribution is -2.20. The number of hydrogen-bond donors (Lipinski definition) is 0. The molecule has 1 unspecified atom stereocenters. The third kappa shape index (κ3) is 2.08. The molecule has 0 saturated heterocycles. The number of carbonyl (C=O) groups excluding carboxylic acids is 1. The highest BCUT2D eigenvalue weighted by atomic mass is 79.9. The van der Waals surface area contributed by atoms with Crippen molar-refractivity contribution < 1.29 is 9.53 Å². The van der Waals surface area contributed by atoms with Crippen LogP contribution in [-0.4, -0.2) is 15.6 Å². The standard InChI is InChI=1S/C14H13BrN2O2/c1-8-11(7-16-17(8)2)14-6-12(18)10-5-9(15)3-4-13(10)19-14/h3-5,7,14H,6H2,1-2H3. The zero-order chi connectivity index (χ0) is 13.6. The van der Waals surface area contributed by atoms with Gasteiger partial charge in [0.2, 0.25) is 0 Å². The molecule has 1 aromatic carbocycles. The number of nitrogens with zero attached hydrogens (tertiary/aromatic N) is 2. The van der Waals surface area contributed by atoms with Crippen LogP contribution in [-0.2, 0) is 7.05 Å². The van der Waals surface area contributed by atoms with Gasteiger partial charge in [-0.25, -0.2) is 0 Å². The molecular weight excluding hydrogens is 308 g/mol.